The molecule has 0 amide bonds. The molecule has 0 unspecified atom stereocenters. The van der Waals surface area contributed by atoms with Gasteiger partial charge >= 0.3 is 0 Å². The van der Waals surface area contributed by atoms with Crippen LogP contribution >= 0.6 is 0 Å². The summed E-state index contributed by atoms with van der Waals surface area (Å²) >= 11 is 0. The molecule has 0 aromatic carbocycles. The van der Waals surface area contributed by atoms with Crippen molar-refractivity contribution in [3.8, 4) is 0 Å². The molecule has 82 valence electrons. The van der Waals surface area contributed by atoms with Crippen molar-refractivity contribution in [1.82, 2.24) is 16.0 Å². The summed E-state index contributed by atoms with van der Waals surface area (Å²) in [7, 11) is 0. The van der Waals surface area contributed by atoms with Crippen LogP contribution in [0.25, 0.3) is 0 Å². The molecule has 1 aliphatic rings. The van der Waals surface area contributed by atoms with E-state index in [9.17, 15) is 4.79 Å². The van der Waals surface area contributed by atoms with Crippen LogP contribution in [-0.4, -0.2) is 23.9 Å². The van der Waals surface area contributed by atoms with E-state index in [0.29, 0.717) is 13.0 Å². The third-order valence-corrected chi connectivity index (χ3v) is 2.02. The molecule has 1 rings (SSSR count). The highest BCUT2D eigenvalue weighted by Crippen LogP contribution is 2.07. The SMILES string of the molecule is CC(=O)CCC1=CN(CCCN)NN1.[HH]. The normalized spacial score (nSPS) is 15.3. The van der Waals surface area contributed by atoms with Gasteiger partial charge in [-0.1, -0.05) is 0 Å². The van der Waals surface area contributed by atoms with Crippen LogP contribution in [0.5, 0.6) is 0 Å². The molecule has 5 heteroatoms. The summed E-state index contributed by atoms with van der Waals surface area (Å²) < 4.78 is 0. The predicted octanol–water partition coefficient (Wildman–Crippen LogP) is 0.117. The molecule has 5 nitrogen and oxygen atoms in total. The van der Waals surface area contributed by atoms with E-state index in [2.05, 4.69) is 11.0 Å². The fourth-order valence-corrected chi connectivity index (χ4v) is 1.22. The lowest BCUT2D eigenvalue weighted by atomic mass is 10.2. The standard InChI is InChI=1S/C9H18N4O.H2/c1-8(14)3-4-9-7-13(12-11-9)6-2-5-10;/h7,11-12H,2-6,10H2,1H3;1H. The highest BCUT2D eigenvalue weighted by atomic mass is 16.1. The first kappa shape index (κ1) is 11.0. The lowest BCUT2D eigenvalue weighted by Gasteiger charge is -2.13. The van der Waals surface area contributed by atoms with Gasteiger partial charge in [0.1, 0.15) is 5.78 Å². The summed E-state index contributed by atoms with van der Waals surface area (Å²) in [6.07, 6.45) is 4.29. The molecule has 0 saturated carbocycles. The highest BCUT2D eigenvalue weighted by Gasteiger charge is 2.10. The Hall–Kier alpha value is -1.07. The third kappa shape index (κ3) is 3.76. The highest BCUT2D eigenvalue weighted by molar-refractivity contribution is 5.75. The number of allylic oxidation sites excluding steroid dienone is 1. The van der Waals surface area contributed by atoms with Gasteiger partial charge in [-0.15, -0.1) is 5.53 Å². The number of hydrogen-bond donors (Lipinski definition) is 3. The number of rotatable bonds is 6. The summed E-state index contributed by atoms with van der Waals surface area (Å²) in [5.41, 5.74) is 12.5. The molecule has 0 atom stereocenters. The van der Waals surface area contributed by atoms with Crippen molar-refractivity contribution in [2.24, 2.45) is 5.73 Å². The van der Waals surface area contributed by atoms with Crippen molar-refractivity contribution in [3.05, 3.63) is 11.9 Å². The van der Waals surface area contributed by atoms with Gasteiger partial charge < -0.3 is 16.0 Å². The molecular weight excluding hydrogens is 180 g/mol. The number of nitrogens with two attached hydrogens (primary N) is 1. The zero-order valence-corrected chi connectivity index (χ0v) is 8.55. The van der Waals surface area contributed by atoms with Gasteiger partial charge in [0.25, 0.3) is 0 Å². The van der Waals surface area contributed by atoms with E-state index in [1.54, 1.807) is 6.92 Å². The minimum atomic E-state index is 0. The molecule has 1 aliphatic heterocycles. The van der Waals surface area contributed by atoms with Crippen LogP contribution in [-0.2, 0) is 4.79 Å². The smallest absolute Gasteiger partial charge is 0.130 e. The number of hydrazine groups is 2. The van der Waals surface area contributed by atoms with Gasteiger partial charge in [-0.3, -0.25) is 5.01 Å². The van der Waals surface area contributed by atoms with Gasteiger partial charge in [-0.25, -0.2) is 0 Å². The fourth-order valence-electron chi connectivity index (χ4n) is 1.22. The predicted molar refractivity (Wildman–Crippen MR) is 56.8 cm³/mol. The van der Waals surface area contributed by atoms with Gasteiger partial charge in [0.05, 0.1) is 0 Å². The Labute approximate surface area is 85.7 Å². The van der Waals surface area contributed by atoms with Crippen molar-refractivity contribution in [1.29, 1.82) is 0 Å². The fraction of sp³-hybridized carbons (Fsp3) is 0.667. The molecule has 1 heterocycles. The van der Waals surface area contributed by atoms with Gasteiger partial charge in [0.2, 0.25) is 0 Å². The van der Waals surface area contributed by atoms with Crippen LogP contribution in [0, 0.1) is 0 Å². The second-order valence-electron chi connectivity index (χ2n) is 3.43. The second kappa shape index (κ2) is 5.62. The molecule has 0 saturated heterocycles. The first-order chi connectivity index (χ1) is 6.72. The minimum absolute atomic E-state index is 0. The maximum Gasteiger partial charge on any atom is 0.130 e. The minimum Gasteiger partial charge on any atom is -0.330 e. The number of hydrogen-bond acceptors (Lipinski definition) is 5. The molecule has 0 aromatic rings. The molecule has 4 N–H and O–H groups in total. The first-order valence-electron chi connectivity index (χ1n) is 4.91. The Morgan fingerprint density at radius 2 is 2.50 bits per heavy atom. The summed E-state index contributed by atoms with van der Waals surface area (Å²) in [5.74, 6) is 0.216. The van der Waals surface area contributed by atoms with E-state index in [1.807, 2.05) is 11.2 Å². The van der Waals surface area contributed by atoms with Crippen LogP contribution in [0.15, 0.2) is 11.9 Å². The van der Waals surface area contributed by atoms with Crippen LogP contribution in [0.3, 0.4) is 0 Å². The average molecular weight is 200 g/mol. The number of nitrogens with zero attached hydrogens (tertiary/aromatic N) is 1. The largest absolute Gasteiger partial charge is 0.330 e. The maximum atomic E-state index is 10.7. The van der Waals surface area contributed by atoms with Gasteiger partial charge in [0, 0.05) is 26.3 Å². The van der Waals surface area contributed by atoms with Crippen molar-refractivity contribution < 1.29 is 6.22 Å². The Balaban J connectivity index is 0.00000196. The molecule has 0 aliphatic carbocycles. The van der Waals surface area contributed by atoms with E-state index in [-0.39, 0.29) is 7.21 Å². The molecule has 0 radical (unpaired) electrons. The number of carbonyl (C=O) groups excluding carboxylic acids is 1. The zero-order valence-electron chi connectivity index (χ0n) is 8.55. The number of Topliss-reactive ketones (excluding diaryl/α,β-unsaturated/α-hetero) is 1. The zero-order chi connectivity index (χ0) is 10.4. The maximum absolute atomic E-state index is 10.7. The summed E-state index contributed by atoms with van der Waals surface area (Å²) in [4.78, 5) is 10.7. The van der Waals surface area contributed by atoms with E-state index in [0.717, 1.165) is 25.1 Å². The molecule has 0 fully saturated rings. The Morgan fingerprint density at radius 1 is 1.71 bits per heavy atom. The van der Waals surface area contributed by atoms with Crippen molar-refractivity contribution in [2.75, 3.05) is 13.1 Å². The number of ketones is 1. The quantitative estimate of drug-likeness (QED) is 0.568. The molecule has 14 heavy (non-hydrogen) atoms. The van der Waals surface area contributed by atoms with E-state index < -0.39 is 0 Å². The Morgan fingerprint density at radius 3 is 3.14 bits per heavy atom. The lowest BCUT2D eigenvalue weighted by molar-refractivity contribution is -0.116. The Bertz CT molecular complexity index is 232. The van der Waals surface area contributed by atoms with Gasteiger partial charge in [-0.2, -0.15) is 0 Å². The van der Waals surface area contributed by atoms with E-state index in [4.69, 9.17) is 5.73 Å². The number of nitrogens with one attached hydrogen (secondary N) is 2. The molecule has 0 bridgehead atoms. The molecular formula is C9H20N4O. The van der Waals surface area contributed by atoms with Gasteiger partial charge in [-0.05, 0) is 26.3 Å². The second-order valence-corrected chi connectivity index (χ2v) is 3.43. The van der Waals surface area contributed by atoms with Crippen molar-refractivity contribution >= 4 is 5.78 Å². The van der Waals surface area contributed by atoms with Crippen LogP contribution in [0.2, 0.25) is 0 Å². The molecule has 0 aromatic heterocycles. The Kier molecular flexibility index (Phi) is 4.42. The third-order valence-electron chi connectivity index (χ3n) is 2.02. The topological polar surface area (TPSA) is 70.4 Å². The lowest BCUT2D eigenvalue weighted by Crippen LogP contribution is -2.37. The number of carbonyl (C=O) groups is 1. The molecule has 0 spiro atoms. The van der Waals surface area contributed by atoms with Crippen molar-refractivity contribution in [3.63, 3.8) is 0 Å². The monoisotopic (exact) mass is 200 g/mol. The van der Waals surface area contributed by atoms with Crippen LogP contribution in [0.4, 0.5) is 0 Å². The summed E-state index contributed by atoms with van der Waals surface area (Å²) in [5, 5.41) is 1.95. The van der Waals surface area contributed by atoms with Crippen molar-refractivity contribution in [2.45, 2.75) is 26.2 Å². The average Bonchev–Trinajstić information content (AvgIpc) is 2.59. The van der Waals surface area contributed by atoms with E-state index >= 15 is 0 Å². The van der Waals surface area contributed by atoms with Crippen LogP contribution in [0.1, 0.15) is 27.6 Å². The van der Waals surface area contributed by atoms with Gasteiger partial charge in [0.15, 0.2) is 0 Å². The summed E-state index contributed by atoms with van der Waals surface area (Å²) in [6.45, 7) is 3.18. The summed E-state index contributed by atoms with van der Waals surface area (Å²) in [6, 6.07) is 0. The van der Waals surface area contributed by atoms with Crippen LogP contribution < -0.4 is 16.7 Å². The van der Waals surface area contributed by atoms with E-state index in [1.165, 1.54) is 0 Å². The first-order valence-corrected chi connectivity index (χ1v) is 4.91.